The van der Waals surface area contributed by atoms with Crippen LogP contribution in [0.4, 0.5) is 0 Å². The first-order valence-corrected chi connectivity index (χ1v) is 7.92. The molecule has 1 amide bonds. The molecule has 0 fully saturated rings. The highest BCUT2D eigenvalue weighted by Crippen LogP contribution is 2.18. The van der Waals surface area contributed by atoms with Crippen molar-refractivity contribution in [2.45, 2.75) is 13.5 Å². The van der Waals surface area contributed by atoms with Gasteiger partial charge in [-0.1, -0.05) is 42.5 Å². The fourth-order valence-corrected chi connectivity index (χ4v) is 2.94. The molecule has 4 nitrogen and oxygen atoms in total. The Kier molecular flexibility index (Phi) is 3.50. The number of aromatic nitrogens is 2. The molecule has 0 saturated carbocycles. The highest BCUT2D eigenvalue weighted by Gasteiger charge is 2.10. The first-order valence-electron chi connectivity index (χ1n) is 7.92. The number of nitrogens with one attached hydrogen (secondary N) is 2. The van der Waals surface area contributed by atoms with Gasteiger partial charge in [0.2, 0.25) is 0 Å². The second-order valence-corrected chi connectivity index (χ2v) is 5.91. The minimum absolute atomic E-state index is 0.0940. The molecule has 0 aliphatic heterocycles. The van der Waals surface area contributed by atoms with Gasteiger partial charge in [-0.3, -0.25) is 4.79 Å². The Labute approximate surface area is 139 Å². The van der Waals surface area contributed by atoms with Crippen LogP contribution in [0.3, 0.4) is 0 Å². The number of H-pyrrole nitrogens is 1. The normalized spacial score (nSPS) is 11.0. The lowest BCUT2D eigenvalue weighted by molar-refractivity contribution is 0.0951. The number of rotatable bonds is 3. The van der Waals surface area contributed by atoms with Crippen molar-refractivity contribution in [3.8, 4) is 0 Å². The molecule has 4 rings (SSSR count). The number of nitrogens with zero attached hydrogens (tertiary/aromatic N) is 1. The highest BCUT2D eigenvalue weighted by molar-refractivity contribution is 6.06. The minimum Gasteiger partial charge on any atom is -0.345 e. The molecule has 118 valence electrons. The number of carbonyl (C=O) groups excluding carboxylic acids is 1. The first-order chi connectivity index (χ1) is 11.7. The second-order valence-electron chi connectivity index (χ2n) is 5.91. The topological polar surface area (TPSA) is 57.8 Å². The van der Waals surface area contributed by atoms with Crippen molar-refractivity contribution in [1.29, 1.82) is 0 Å². The van der Waals surface area contributed by atoms with E-state index >= 15 is 0 Å². The van der Waals surface area contributed by atoms with E-state index < -0.39 is 0 Å². The van der Waals surface area contributed by atoms with Crippen LogP contribution < -0.4 is 5.32 Å². The van der Waals surface area contributed by atoms with Gasteiger partial charge in [0, 0.05) is 5.56 Å². The molecule has 4 aromatic rings. The van der Waals surface area contributed by atoms with Crippen LogP contribution in [0.2, 0.25) is 0 Å². The maximum atomic E-state index is 12.5. The molecule has 24 heavy (non-hydrogen) atoms. The Morgan fingerprint density at radius 1 is 1.08 bits per heavy atom. The van der Waals surface area contributed by atoms with Gasteiger partial charge in [-0.2, -0.15) is 0 Å². The van der Waals surface area contributed by atoms with E-state index in [4.69, 9.17) is 0 Å². The van der Waals surface area contributed by atoms with Crippen LogP contribution in [0, 0.1) is 6.92 Å². The Balaban J connectivity index is 1.57. The van der Waals surface area contributed by atoms with Gasteiger partial charge in [0.05, 0.1) is 17.6 Å². The molecule has 0 atom stereocenters. The quantitative estimate of drug-likeness (QED) is 0.601. The lowest BCUT2D eigenvalue weighted by Gasteiger charge is -2.07. The predicted octanol–water partition coefficient (Wildman–Crippen LogP) is 3.95. The standard InChI is InChI=1S/C20H17N3O/c1-13-9-10-17-18(11-13)23-19(22-17)12-21-20(24)16-8-4-6-14-5-2-3-7-15(14)16/h2-11H,12H2,1H3,(H,21,24)(H,22,23). The number of imidazole rings is 1. The van der Waals surface area contributed by atoms with E-state index in [0.717, 1.165) is 27.6 Å². The number of carbonyl (C=O) groups is 1. The smallest absolute Gasteiger partial charge is 0.252 e. The minimum atomic E-state index is -0.0940. The Bertz CT molecular complexity index is 1040. The highest BCUT2D eigenvalue weighted by atomic mass is 16.1. The van der Waals surface area contributed by atoms with Crippen LogP contribution in [0.5, 0.6) is 0 Å². The molecule has 0 saturated heterocycles. The largest absolute Gasteiger partial charge is 0.345 e. The van der Waals surface area contributed by atoms with E-state index in [1.807, 2.05) is 61.5 Å². The zero-order chi connectivity index (χ0) is 16.5. The Morgan fingerprint density at radius 2 is 1.92 bits per heavy atom. The van der Waals surface area contributed by atoms with E-state index in [2.05, 4.69) is 21.4 Å². The van der Waals surface area contributed by atoms with Gasteiger partial charge in [0.15, 0.2) is 0 Å². The van der Waals surface area contributed by atoms with Crippen LogP contribution in [-0.2, 0) is 6.54 Å². The predicted molar refractivity (Wildman–Crippen MR) is 95.9 cm³/mol. The van der Waals surface area contributed by atoms with Crippen molar-refractivity contribution < 1.29 is 4.79 Å². The summed E-state index contributed by atoms with van der Waals surface area (Å²) in [7, 11) is 0. The molecule has 1 aromatic heterocycles. The molecule has 2 N–H and O–H groups in total. The SMILES string of the molecule is Cc1ccc2nc(CNC(=O)c3cccc4ccccc34)[nH]c2c1. The number of amides is 1. The van der Waals surface area contributed by atoms with Crippen molar-refractivity contribution in [1.82, 2.24) is 15.3 Å². The fraction of sp³-hybridized carbons (Fsp3) is 0.100. The van der Waals surface area contributed by atoms with E-state index in [9.17, 15) is 4.79 Å². The molecule has 0 radical (unpaired) electrons. The summed E-state index contributed by atoms with van der Waals surface area (Å²) in [5, 5.41) is 4.97. The van der Waals surface area contributed by atoms with Crippen LogP contribution >= 0.6 is 0 Å². The van der Waals surface area contributed by atoms with Gasteiger partial charge in [-0.05, 0) is 41.5 Å². The van der Waals surface area contributed by atoms with Crippen LogP contribution in [0.1, 0.15) is 21.7 Å². The molecule has 0 unspecified atom stereocenters. The van der Waals surface area contributed by atoms with E-state index in [1.165, 1.54) is 5.56 Å². The lowest BCUT2D eigenvalue weighted by atomic mass is 10.0. The zero-order valence-electron chi connectivity index (χ0n) is 13.3. The van der Waals surface area contributed by atoms with Crippen molar-refractivity contribution in [2.24, 2.45) is 0 Å². The van der Waals surface area contributed by atoms with Crippen LogP contribution in [0.25, 0.3) is 21.8 Å². The third-order valence-electron chi connectivity index (χ3n) is 4.14. The number of benzene rings is 3. The first kappa shape index (κ1) is 14.5. The van der Waals surface area contributed by atoms with E-state index in [1.54, 1.807) is 0 Å². The molecular formula is C20H17N3O. The van der Waals surface area contributed by atoms with Crippen LogP contribution in [-0.4, -0.2) is 15.9 Å². The number of hydrogen-bond acceptors (Lipinski definition) is 2. The summed E-state index contributed by atoms with van der Waals surface area (Å²) >= 11 is 0. The lowest BCUT2D eigenvalue weighted by Crippen LogP contribution is -2.23. The summed E-state index contributed by atoms with van der Waals surface area (Å²) in [5.74, 6) is 0.660. The molecule has 3 aromatic carbocycles. The third kappa shape index (κ3) is 2.63. The molecular weight excluding hydrogens is 298 g/mol. The fourth-order valence-electron chi connectivity index (χ4n) is 2.94. The van der Waals surface area contributed by atoms with Crippen LogP contribution in [0.15, 0.2) is 60.7 Å². The second kappa shape index (κ2) is 5.81. The third-order valence-corrected chi connectivity index (χ3v) is 4.14. The molecule has 1 heterocycles. The van der Waals surface area contributed by atoms with Gasteiger partial charge in [-0.25, -0.2) is 4.98 Å². The van der Waals surface area contributed by atoms with Gasteiger partial charge in [0.25, 0.3) is 5.91 Å². The summed E-state index contributed by atoms with van der Waals surface area (Å²) in [6.45, 7) is 2.41. The average Bonchev–Trinajstić information content (AvgIpc) is 3.01. The van der Waals surface area contributed by atoms with Gasteiger partial charge < -0.3 is 10.3 Å². The van der Waals surface area contributed by atoms with Crippen molar-refractivity contribution in [3.63, 3.8) is 0 Å². The van der Waals surface area contributed by atoms with Gasteiger partial charge in [0.1, 0.15) is 5.82 Å². The number of aryl methyl sites for hydroxylation is 1. The molecule has 0 bridgehead atoms. The number of fused-ring (bicyclic) bond motifs is 2. The zero-order valence-corrected chi connectivity index (χ0v) is 13.3. The number of aromatic amines is 1. The monoisotopic (exact) mass is 315 g/mol. The van der Waals surface area contributed by atoms with Gasteiger partial charge >= 0.3 is 0 Å². The average molecular weight is 315 g/mol. The summed E-state index contributed by atoms with van der Waals surface area (Å²) in [4.78, 5) is 20.3. The summed E-state index contributed by atoms with van der Waals surface area (Å²) in [5.41, 5.74) is 3.76. The molecule has 4 heteroatoms. The van der Waals surface area contributed by atoms with Crippen molar-refractivity contribution >= 4 is 27.7 Å². The summed E-state index contributed by atoms with van der Waals surface area (Å²) < 4.78 is 0. The van der Waals surface area contributed by atoms with Gasteiger partial charge in [-0.15, -0.1) is 0 Å². The van der Waals surface area contributed by atoms with E-state index in [-0.39, 0.29) is 5.91 Å². The van der Waals surface area contributed by atoms with Crippen molar-refractivity contribution in [3.05, 3.63) is 77.6 Å². The number of hydrogen-bond donors (Lipinski definition) is 2. The molecule has 0 spiro atoms. The van der Waals surface area contributed by atoms with E-state index in [0.29, 0.717) is 12.1 Å². The Hall–Kier alpha value is -3.14. The summed E-state index contributed by atoms with van der Waals surface area (Å²) in [6.07, 6.45) is 0. The maximum absolute atomic E-state index is 12.5. The summed E-state index contributed by atoms with van der Waals surface area (Å²) in [6, 6.07) is 19.7. The molecule has 0 aliphatic carbocycles. The molecule has 0 aliphatic rings. The van der Waals surface area contributed by atoms with Crippen molar-refractivity contribution in [2.75, 3.05) is 0 Å². The Morgan fingerprint density at radius 3 is 2.83 bits per heavy atom. The maximum Gasteiger partial charge on any atom is 0.252 e.